The normalized spacial score (nSPS) is 9.64. The minimum absolute atomic E-state index is 0.0955. The van der Waals surface area contributed by atoms with E-state index in [9.17, 15) is 10.1 Å². The summed E-state index contributed by atoms with van der Waals surface area (Å²) in [7, 11) is 0. The highest BCUT2D eigenvalue weighted by Crippen LogP contribution is 2.25. The van der Waals surface area contributed by atoms with Gasteiger partial charge in [0, 0.05) is 3.57 Å². The van der Waals surface area contributed by atoms with E-state index in [1.165, 1.54) is 6.20 Å². The molecule has 0 amide bonds. The van der Waals surface area contributed by atoms with E-state index in [4.69, 9.17) is 11.6 Å². The van der Waals surface area contributed by atoms with Crippen molar-refractivity contribution in [2.24, 2.45) is 0 Å². The third-order valence-electron chi connectivity index (χ3n) is 0.997. The molecule has 0 saturated carbocycles. The van der Waals surface area contributed by atoms with Gasteiger partial charge in [0.1, 0.15) is 6.20 Å². The number of nitro groups is 1. The molecule has 1 aromatic heterocycles. The standard InChI is InChI=1S/C5H2ClIN2O2/c6-4-3(7)1-2-8-5(4)9(10)11/h1-2H. The van der Waals surface area contributed by atoms with Crippen LogP contribution < -0.4 is 0 Å². The van der Waals surface area contributed by atoms with Crippen LogP contribution in [0.1, 0.15) is 0 Å². The molecule has 11 heavy (non-hydrogen) atoms. The molecule has 0 atom stereocenters. The number of rotatable bonds is 1. The molecule has 0 aromatic carbocycles. The van der Waals surface area contributed by atoms with E-state index in [0.717, 1.165) is 0 Å². The first kappa shape index (κ1) is 8.66. The third kappa shape index (κ3) is 1.78. The Balaban J connectivity index is 3.27. The van der Waals surface area contributed by atoms with E-state index in [-0.39, 0.29) is 10.8 Å². The maximum Gasteiger partial charge on any atom is 0.383 e. The number of pyridine rings is 1. The van der Waals surface area contributed by atoms with Gasteiger partial charge in [-0.05, 0) is 38.6 Å². The lowest BCUT2D eigenvalue weighted by Crippen LogP contribution is -1.93. The topological polar surface area (TPSA) is 56.0 Å². The molecule has 0 aliphatic heterocycles. The second kappa shape index (κ2) is 3.31. The SMILES string of the molecule is O=[N+]([O-])c1nccc(I)c1Cl. The molecule has 58 valence electrons. The summed E-state index contributed by atoms with van der Waals surface area (Å²) < 4.78 is 0.631. The summed E-state index contributed by atoms with van der Waals surface area (Å²) in [6, 6.07) is 1.61. The fourth-order valence-electron chi connectivity index (χ4n) is 0.537. The van der Waals surface area contributed by atoms with Gasteiger partial charge in [0.15, 0.2) is 5.02 Å². The van der Waals surface area contributed by atoms with Crippen LogP contribution in [-0.2, 0) is 0 Å². The smallest absolute Gasteiger partial charge is 0.358 e. The molecule has 1 rings (SSSR count). The molecule has 0 aliphatic rings. The van der Waals surface area contributed by atoms with Gasteiger partial charge >= 0.3 is 5.82 Å². The second-order valence-corrected chi connectivity index (χ2v) is 3.23. The number of hydrogen-bond acceptors (Lipinski definition) is 3. The van der Waals surface area contributed by atoms with Gasteiger partial charge in [-0.3, -0.25) is 0 Å². The molecule has 0 aliphatic carbocycles. The van der Waals surface area contributed by atoms with Crippen LogP contribution in [0.2, 0.25) is 5.02 Å². The quantitative estimate of drug-likeness (QED) is 0.451. The number of hydrogen-bond donors (Lipinski definition) is 0. The van der Waals surface area contributed by atoms with Crippen molar-refractivity contribution < 1.29 is 4.92 Å². The molecular weight excluding hydrogens is 282 g/mol. The van der Waals surface area contributed by atoms with Crippen LogP contribution in [0.4, 0.5) is 5.82 Å². The van der Waals surface area contributed by atoms with E-state index in [2.05, 4.69) is 4.98 Å². The van der Waals surface area contributed by atoms with Gasteiger partial charge in [0.2, 0.25) is 0 Å². The van der Waals surface area contributed by atoms with E-state index in [1.807, 2.05) is 22.6 Å². The predicted molar refractivity (Wildman–Crippen MR) is 48.6 cm³/mol. The molecule has 0 bridgehead atoms. The zero-order chi connectivity index (χ0) is 8.43. The Hall–Kier alpha value is -0.430. The van der Waals surface area contributed by atoms with Crippen molar-refractivity contribution in [2.45, 2.75) is 0 Å². The van der Waals surface area contributed by atoms with E-state index in [0.29, 0.717) is 3.57 Å². The molecule has 1 aromatic rings. The molecule has 0 unspecified atom stereocenters. The molecule has 0 spiro atoms. The fraction of sp³-hybridized carbons (Fsp3) is 0. The highest BCUT2D eigenvalue weighted by molar-refractivity contribution is 14.1. The lowest BCUT2D eigenvalue weighted by atomic mass is 10.5. The molecule has 0 fully saturated rings. The van der Waals surface area contributed by atoms with Gasteiger partial charge in [-0.2, -0.15) is 0 Å². The fourth-order valence-corrected chi connectivity index (χ4v) is 1.12. The molecule has 0 N–H and O–H groups in total. The van der Waals surface area contributed by atoms with Crippen LogP contribution >= 0.6 is 34.2 Å². The predicted octanol–water partition coefficient (Wildman–Crippen LogP) is 2.25. The van der Waals surface area contributed by atoms with E-state index >= 15 is 0 Å². The Bertz CT molecular complexity index is 305. The van der Waals surface area contributed by atoms with Crippen LogP contribution in [0, 0.1) is 13.7 Å². The maximum atomic E-state index is 10.2. The van der Waals surface area contributed by atoms with E-state index < -0.39 is 4.92 Å². The summed E-state index contributed by atoms with van der Waals surface area (Å²) in [5.74, 6) is -0.293. The Labute approximate surface area is 80.9 Å². The van der Waals surface area contributed by atoms with Crippen molar-refractivity contribution >= 4 is 40.0 Å². The monoisotopic (exact) mass is 284 g/mol. The van der Waals surface area contributed by atoms with Gasteiger partial charge in [0.25, 0.3) is 0 Å². The van der Waals surface area contributed by atoms with Gasteiger partial charge < -0.3 is 10.1 Å². The van der Waals surface area contributed by atoms with Gasteiger partial charge in [-0.25, -0.2) is 0 Å². The first-order valence-corrected chi connectivity index (χ1v) is 4.03. The van der Waals surface area contributed by atoms with Crippen LogP contribution in [-0.4, -0.2) is 9.91 Å². The summed E-state index contributed by atoms with van der Waals surface area (Å²) >= 11 is 7.48. The maximum absolute atomic E-state index is 10.2. The van der Waals surface area contributed by atoms with Crippen LogP contribution in [0.5, 0.6) is 0 Å². The van der Waals surface area contributed by atoms with Crippen LogP contribution in [0.15, 0.2) is 12.3 Å². The summed E-state index contributed by atoms with van der Waals surface area (Å²) in [4.78, 5) is 13.1. The number of aromatic nitrogens is 1. The Kier molecular flexibility index (Phi) is 2.61. The van der Waals surface area contributed by atoms with Crippen molar-refractivity contribution in [3.63, 3.8) is 0 Å². The minimum atomic E-state index is -0.607. The number of nitrogens with zero attached hydrogens (tertiary/aromatic N) is 2. The Morgan fingerprint density at radius 3 is 2.82 bits per heavy atom. The first-order chi connectivity index (χ1) is 5.13. The van der Waals surface area contributed by atoms with Crippen molar-refractivity contribution in [2.75, 3.05) is 0 Å². The zero-order valence-corrected chi connectivity index (χ0v) is 8.03. The third-order valence-corrected chi connectivity index (χ3v) is 2.59. The van der Waals surface area contributed by atoms with Crippen LogP contribution in [0.3, 0.4) is 0 Å². The van der Waals surface area contributed by atoms with Crippen molar-refractivity contribution in [3.8, 4) is 0 Å². The van der Waals surface area contributed by atoms with E-state index in [1.54, 1.807) is 6.07 Å². The Morgan fingerprint density at radius 1 is 1.73 bits per heavy atom. The first-order valence-electron chi connectivity index (χ1n) is 2.57. The summed E-state index contributed by atoms with van der Waals surface area (Å²) in [6.07, 6.45) is 1.35. The highest BCUT2D eigenvalue weighted by atomic mass is 127. The molecule has 6 heteroatoms. The molecule has 4 nitrogen and oxygen atoms in total. The average molecular weight is 284 g/mol. The summed E-state index contributed by atoms with van der Waals surface area (Å²) in [5, 5.41) is 10.3. The van der Waals surface area contributed by atoms with Crippen molar-refractivity contribution in [3.05, 3.63) is 31.0 Å². The Morgan fingerprint density at radius 2 is 2.36 bits per heavy atom. The highest BCUT2D eigenvalue weighted by Gasteiger charge is 2.14. The number of halogens is 2. The minimum Gasteiger partial charge on any atom is -0.358 e. The lowest BCUT2D eigenvalue weighted by molar-refractivity contribution is -0.389. The van der Waals surface area contributed by atoms with Crippen LogP contribution in [0.25, 0.3) is 0 Å². The summed E-state index contributed by atoms with van der Waals surface area (Å²) in [5.41, 5.74) is 0. The largest absolute Gasteiger partial charge is 0.383 e. The molecular formula is C5H2ClIN2O2. The summed E-state index contributed by atoms with van der Waals surface area (Å²) in [6.45, 7) is 0. The molecule has 0 saturated heterocycles. The second-order valence-electron chi connectivity index (χ2n) is 1.69. The average Bonchev–Trinajstić information content (AvgIpc) is 1.94. The van der Waals surface area contributed by atoms with Gasteiger partial charge in [0.05, 0.1) is 0 Å². The lowest BCUT2D eigenvalue weighted by Gasteiger charge is -1.94. The van der Waals surface area contributed by atoms with Gasteiger partial charge in [-0.1, -0.05) is 11.6 Å². The zero-order valence-electron chi connectivity index (χ0n) is 5.12. The molecule has 0 radical (unpaired) electrons. The molecule has 1 heterocycles. The van der Waals surface area contributed by atoms with Gasteiger partial charge in [-0.15, -0.1) is 0 Å². The van der Waals surface area contributed by atoms with Crippen molar-refractivity contribution in [1.82, 2.24) is 4.98 Å². The van der Waals surface area contributed by atoms with Crippen molar-refractivity contribution in [1.29, 1.82) is 0 Å².